The molecular formula is C11H13NOSi. The Labute approximate surface area is 85.4 Å². The van der Waals surface area contributed by atoms with Crippen molar-refractivity contribution in [1.29, 1.82) is 0 Å². The Morgan fingerprint density at radius 1 is 1.36 bits per heavy atom. The van der Waals surface area contributed by atoms with E-state index in [0.717, 1.165) is 11.8 Å². The fraction of sp³-hybridized carbons (Fsp3) is 0.273. The minimum absolute atomic E-state index is 0.576. The first kappa shape index (κ1) is 10.7. The standard InChI is InChI=1S/C11H13NOSi/c1-14(2,3)5-4-10-6-11(9-13)8-12-7-10/h6-9H,1-3H3. The second kappa shape index (κ2) is 4.21. The molecular weight excluding hydrogens is 190 g/mol. The van der Waals surface area contributed by atoms with Crippen LogP contribution in [0.15, 0.2) is 18.5 Å². The van der Waals surface area contributed by atoms with E-state index in [0.29, 0.717) is 5.56 Å². The Morgan fingerprint density at radius 3 is 2.64 bits per heavy atom. The summed E-state index contributed by atoms with van der Waals surface area (Å²) in [4.78, 5) is 14.4. The second-order valence-electron chi connectivity index (χ2n) is 4.12. The maximum atomic E-state index is 10.5. The summed E-state index contributed by atoms with van der Waals surface area (Å²) in [5.74, 6) is 3.05. The normalized spacial score (nSPS) is 10.2. The third kappa shape index (κ3) is 3.54. The summed E-state index contributed by atoms with van der Waals surface area (Å²) < 4.78 is 0. The van der Waals surface area contributed by atoms with Crippen LogP contribution in [0.3, 0.4) is 0 Å². The molecule has 1 aromatic rings. The number of carbonyl (C=O) groups excluding carboxylic acids is 1. The first-order valence-electron chi connectivity index (χ1n) is 4.45. The fourth-order valence-corrected chi connectivity index (χ4v) is 1.37. The molecule has 0 spiro atoms. The van der Waals surface area contributed by atoms with E-state index >= 15 is 0 Å². The Kier molecular flexibility index (Phi) is 3.21. The zero-order valence-corrected chi connectivity index (χ0v) is 9.66. The van der Waals surface area contributed by atoms with E-state index in [1.54, 1.807) is 12.3 Å². The van der Waals surface area contributed by atoms with Gasteiger partial charge in [0.1, 0.15) is 8.07 Å². The van der Waals surface area contributed by atoms with Crippen molar-refractivity contribution >= 4 is 14.4 Å². The third-order valence-corrected chi connectivity index (χ3v) is 2.35. The van der Waals surface area contributed by atoms with Gasteiger partial charge < -0.3 is 0 Å². The summed E-state index contributed by atoms with van der Waals surface area (Å²) >= 11 is 0. The minimum Gasteiger partial charge on any atom is -0.298 e. The van der Waals surface area contributed by atoms with Crippen molar-refractivity contribution in [3.05, 3.63) is 29.6 Å². The van der Waals surface area contributed by atoms with E-state index in [-0.39, 0.29) is 0 Å². The van der Waals surface area contributed by atoms with Gasteiger partial charge in [0.15, 0.2) is 6.29 Å². The number of hydrogen-bond acceptors (Lipinski definition) is 2. The number of nitrogens with zero attached hydrogens (tertiary/aromatic N) is 1. The molecule has 1 heterocycles. The van der Waals surface area contributed by atoms with Crippen LogP contribution in [0.5, 0.6) is 0 Å². The zero-order valence-electron chi connectivity index (χ0n) is 8.66. The molecule has 0 aliphatic rings. The quantitative estimate of drug-likeness (QED) is 0.397. The highest BCUT2D eigenvalue weighted by Gasteiger charge is 2.07. The molecule has 0 fully saturated rings. The van der Waals surface area contributed by atoms with E-state index in [1.807, 2.05) is 0 Å². The van der Waals surface area contributed by atoms with Gasteiger partial charge in [-0.2, -0.15) is 0 Å². The van der Waals surface area contributed by atoms with Crippen molar-refractivity contribution in [3.63, 3.8) is 0 Å². The highest BCUT2D eigenvalue weighted by Crippen LogP contribution is 2.01. The largest absolute Gasteiger partial charge is 0.298 e. The van der Waals surface area contributed by atoms with Crippen LogP contribution in [-0.4, -0.2) is 19.3 Å². The van der Waals surface area contributed by atoms with Crippen molar-refractivity contribution in [2.45, 2.75) is 19.6 Å². The lowest BCUT2D eigenvalue weighted by atomic mass is 10.2. The fourth-order valence-electron chi connectivity index (χ4n) is 0.850. The summed E-state index contributed by atoms with van der Waals surface area (Å²) in [6, 6.07) is 1.76. The van der Waals surface area contributed by atoms with Crippen LogP contribution >= 0.6 is 0 Å². The summed E-state index contributed by atoms with van der Waals surface area (Å²) in [5, 5.41) is 0. The van der Waals surface area contributed by atoms with Crippen LogP contribution in [0.4, 0.5) is 0 Å². The van der Waals surface area contributed by atoms with Gasteiger partial charge in [-0.3, -0.25) is 9.78 Å². The lowest BCUT2D eigenvalue weighted by Crippen LogP contribution is -2.16. The molecule has 72 valence electrons. The molecule has 2 nitrogen and oxygen atoms in total. The maximum Gasteiger partial charge on any atom is 0.151 e. The van der Waals surface area contributed by atoms with Crippen molar-refractivity contribution in [3.8, 4) is 11.5 Å². The van der Waals surface area contributed by atoms with Gasteiger partial charge in [0.05, 0.1) is 0 Å². The monoisotopic (exact) mass is 203 g/mol. The van der Waals surface area contributed by atoms with Crippen LogP contribution in [0, 0.1) is 11.5 Å². The van der Waals surface area contributed by atoms with Gasteiger partial charge in [-0.25, -0.2) is 0 Å². The van der Waals surface area contributed by atoms with Gasteiger partial charge in [-0.15, -0.1) is 5.54 Å². The molecule has 14 heavy (non-hydrogen) atoms. The molecule has 0 amide bonds. The van der Waals surface area contributed by atoms with Crippen LogP contribution in [0.1, 0.15) is 15.9 Å². The first-order valence-corrected chi connectivity index (χ1v) is 7.95. The highest BCUT2D eigenvalue weighted by atomic mass is 28.3. The highest BCUT2D eigenvalue weighted by molar-refractivity contribution is 6.83. The third-order valence-electron chi connectivity index (χ3n) is 1.48. The molecule has 1 aromatic heterocycles. The molecule has 0 aliphatic carbocycles. The molecule has 0 aromatic carbocycles. The molecule has 0 aliphatic heterocycles. The smallest absolute Gasteiger partial charge is 0.151 e. The number of aromatic nitrogens is 1. The van der Waals surface area contributed by atoms with Gasteiger partial charge in [0, 0.05) is 23.5 Å². The molecule has 1 rings (SSSR count). The number of pyridine rings is 1. The van der Waals surface area contributed by atoms with Crippen molar-refractivity contribution in [2.24, 2.45) is 0 Å². The van der Waals surface area contributed by atoms with Gasteiger partial charge in [-0.1, -0.05) is 25.6 Å². The maximum absolute atomic E-state index is 10.5. The topological polar surface area (TPSA) is 30.0 Å². The molecule has 0 saturated heterocycles. The second-order valence-corrected chi connectivity index (χ2v) is 8.87. The van der Waals surface area contributed by atoms with E-state index in [2.05, 4.69) is 36.1 Å². The van der Waals surface area contributed by atoms with Gasteiger partial charge in [-0.05, 0) is 6.07 Å². The minimum atomic E-state index is -1.34. The lowest BCUT2D eigenvalue weighted by Gasteiger charge is -2.03. The molecule has 0 radical (unpaired) electrons. The average Bonchev–Trinajstić information content (AvgIpc) is 2.14. The molecule has 0 saturated carbocycles. The Bertz CT molecular complexity index is 396. The number of rotatable bonds is 1. The van der Waals surface area contributed by atoms with Crippen LogP contribution in [0.25, 0.3) is 0 Å². The van der Waals surface area contributed by atoms with Gasteiger partial charge in [0.2, 0.25) is 0 Å². The Morgan fingerprint density at radius 2 is 2.07 bits per heavy atom. The molecule has 0 atom stereocenters. The van der Waals surface area contributed by atoms with Crippen molar-refractivity contribution in [1.82, 2.24) is 4.98 Å². The summed E-state index contributed by atoms with van der Waals surface area (Å²) in [5.41, 5.74) is 4.62. The van der Waals surface area contributed by atoms with E-state index in [1.165, 1.54) is 6.20 Å². The lowest BCUT2D eigenvalue weighted by molar-refractivity contribution is 0.112. The predicted octanol–water partition coefficient (Wildman–Crippen LogP) is 2.12. The average molecular weight is 203 g/mol. The van der Waals surface area contributed by atoms with E-state index in [9.17, 15) is 4.79 Å². The van der Waals surface area contributed by atoms with Gasteiger partial charge in [0.25, 0.3) is 0 Å². The number of aldehydes is 1. The molecule has 3 heteroatoms. The Balaban J connectivity index is 2.96. The number of hydrogen-bond donors (Lipinski definition) is 0. The molecule has 0 bridgehead atoms. The molecule has 0 unspecified atom stereocenters. The van der Waals surface area contributed by atoms with E-state index in [4.69, 9.17) is 0 Å². The van der Waals surface area contributed by atoms with Crippen LogP contribution in [-0.2, 0) is 0 Å². The van der Waals surface area contributed by atoms with E-state index < -0.39 is 8.07 Å². The van der Waals surface area contributed by atoms with Crippen molar-refractivity contribution in [2.75, 3.05) is 0 Å². The van der Waals surface area contributed by atoms with Crippen LogP contribution in [0.2, 0.25) is 19.6 Å². The van der Waals surface area contributed by atoms with Gasteiger partial charge >= 0.3 is 0 Å². The Hall–Kier alpha value is -1.40. The first-order chi connectivity index (χ1) is 6.51. The zero-order chi connectivity index (χ0) is 10.6. The summed E-state index contributed by atoms with van der Waals surface area (Å²) in [6.45, 7) is 6.53. The summed E-state index contributed by atoms with van der Waals surface area (Å²) in [7, 11) is -1.34. The van der Waals surface area contributed by atoms with Crippen molar-refractivity contribution < 1.29 is 4.79 Å². The predicted molar refractivity (Wildman–Crippen MR) is 59.8 cm³/mol. The summed E-state index contributed by atoms with van der Waals surface area (Å²) in [6.07, 6.45) is 4.00. The number of carbonyl (C=O) groups is 1. The van der Waals surface area contributed by atoms with Crippen LogP contribution < -0.4 is 0 Å². The SMILES string of the molecule is C[Si](C)(C)C#Cc1cncc(C=O)c1. The molecule has 0 N–H and O–H groups in total.